The van der Waals surface area contributed by atoms with Crippen molar-refractivity contribution in [1.29, 1.82) is 0 Å². The minimum absolute atomic E-state index is 0.0471. The van der Waals surface area contributed by atoms with Crippen molar-refractivity contribution in [3.8, 4) is 16.9 Å². The topological polar surface area (TPSA) is 144 Å². The Kier molecular flexibility index (Phi) is 5.91. The lowest BCUT2D eigenvalue weighted by atomic mass is 10.0. The van der Waals surface area contributed by atoms with Crippen LogP contribution in [0.2, 0.25) is 0 Å². The number of methoxy groups -OCH3 is 1. The van der Waals surface area contributed by atoms with Crippen LogP contribution in [0.25, 0.3) is 16.6 Å². The number of carbonyl (C=O) groups is 2. The number of ether oxygens (including phenoxy) is 1. The number of aromatic nitrogens is 3. The van der Waals surface area contributed by atoms with E-state index in [1.54, 1.807) is 12.1 Å². The minimum Gasteiger partial charge on any atom is -0.497 e. The first-order chi connectivity index (χ1) is 16.6. The zero-order valence-corrected chi connectivity index (χ0v) is 17.9. The molecule has 180 valence electrons. The molecule has 2 aromatic carbocycles. The highest BCUT2D eigenvalue weighted by Gasteiger charge is 2.31. The van der Waals surface area contributed by atoms with Crippen molar-refractivity contribution in [2.45, 2.75) is 6.18 Å². The van der Waals surface area contributed by atoms with Crippen molar-refractivity contribution in [2.75, 3.05) is 23.5 Å². The third-order valence-corrected chi connectivity index (χ3v) is 4.99. The summed E-state index contributed by atoms with van der Waals surface area (Å²) in [6, 6.07) is 8.15. The molecule has 0 aliphatic rings. The van der Waals surface area contributed by atoms with Gasteiger partial charge in [0.15, 0.2) is 5.82 Å². The lowest BCUT2D eigenvalue weighted by Gasteiger charge is -2.13. The van der Waals surface area contributed by atoms with Gasteiger partial charge in [-0.15, -0.1) is 0 Å². The lowest BCUT2D eigenvalue weighted by molar-refractivity contribution is -0.137. The van der Waals surface area contributed by atoms with Crippen molar-refractivity contribution in [3.05, 3.63) is 66.1 Å². The number of nitrogens with zero attached hydrogens (tertiary/aromatic N) is 3. The summed E-state index contributed by atoms with van der Waals surface area (Å²) in [5.74, 6) is -1.18. The van der Waals surface area contributed by atoms with Crippen LogP contribution in [0.5, 0.6) is 5.75 Å². The van der Waals surface area contributed by atoms with Crippen LogP contribution in [-0.2, 0) is 6.18 Å². The Morgan fingerprint density at radius 3 is 2.40 bits per heavy atom. The summed E-state index contributed by atoms with van der Waals surface area (Å²) >= 11 is 0. The second-order valence-corrected chi connectivity index (χ2v) is 7.27. The highest BCUT2D eigenvalue weighted by molar-refractivity contribution is 6.04. The van der Waals surface area contributed by atoms with E-state index in [-0.39, 0.29) is 22.8 Å². The number of nitrogens with two attached hydrogens (primary N) is 1. The van der Waals surface area contributed by atoms with Gasteiger partial charge in [0, 0.05) is 29.2 Å². The number of carboxylic acid groups (broad SMARTS) is 1. The number of aromatic carboxylic acids is 1. The number of hydrogen-bond donors (Lipinski definition) is 4. The predicted molar refractivity (Wildman–Crippen MR) is 120 cm³/mol. The predicted octanol–water partition coefficient (Wildman–Crippen LogP) is 4.35. The van der Waals surface area contributed by atoms with Gasteiger partial charge in [0.25, 0.3) is 0 Å². The molecular formula is C22H17F3N6O4. The van der Waals surface area contributed by atoms with E-state index >= 15 is 0 Å². The van der Waals surface area contributed by atoms with Crippen LogP contribution in [0.1, 0.15) is 15.9 Å². The number of hydrogen-bond acceptors (Lipinski definition) is 6. The van der Waals surface area contributed by atoms with Crippen molar-refractivity contribution < 1.29 is 32.6 Å². The lowest BCUT2D eigenvalue weighted by Crippen LogP contribution is -2.20. The molecule has 0 atom stereocenters. The maximum absolute atomic E-state index is 13.1. The van der Waals surface area contributed by atoms with E-state index in [0.717, 1.165) is 12.1 Å². The number of rotatable bonds is 5. The zero-order valence-electron chi connectivity index (χ0n) is 17.9. The molecule has 0 saturated carbocycles. The SMILES string of the molecule is COc1cc(NC(=O)Nc2ccc(-c3c(C(=O)O)cn4ncnc(N)c34)cc2)cc(C(F)(F)F)c1. The van der Waals surface area contributed by atoms with Gasteiger partial charge in [-0.2, -0.15) is 18.3 Å². The number of amides is 2. The van der Waals surface area contributed by atoms with Gasteiger partial charge in [-0.25, -0.2) is 19.1 Å². The Labute approximate surface area is 195 Å². The first kappa shape index (κ1) is 23.4. The molecule has 0 spiro atoms. The highest BCUT2D eigenvalue weighted by Crippen LogP contribution is 2.35. The van der Waals surface area contributed by atoms with Crippen LogP contribution in [-0.4, -0.2) is 38.8 Å². The molecular weight excluding hydrogens is 469 g/mol. The number of carboxylic acids is 1. The molecule has 5 N–H and O–H groups in total. The molecule has 0 fully saturated rings. The van der Waals surface area contributed by atoms with E-state index < -0.39 is 23.7 Å². The van der Waals surface area contributed by atoms with Gasteiger partial charge in [-0.05, 0) is 29.8 Å². The van der Waals surface area contributed by atoms with Crippen molar-refractivity contribution in [1.82, 2.24) is 14.6 Å². The van der Waals surface area contributed by atoms with Crippen LogP contribution in [0.4, 0.5) is 35.2 Å². The van der Waals surface area contributed by atoms with Gasteiger partial charge in [0.05, 0.1) is 18.2 Å². The Morgan fingerprint density at radius 1 is 1.09 bits per heavy atom. The van der Waals surface area contributed by atoms with Crippen LogP contribution >= 0.6 is 0 Å². The van der Waals surface area contributed by atoms with Crippen molar-refractivity contribution in [2.24, 2.45) is 0 Å². The Hall–Kier alpha value is -4.81. The number of urea groups is 1. The smallest absolute Gasteiger partial charge is 0.416 e. The van der Waals surface area contributed by atoms with Gasteiger partial charge in [-0.3, -0.25) is 0 Å². The zero-order chi connectivity index (χ0) is 25.3. The van der Waals surface area contributed by atoms with Crippen LogP contribution in [0.3, 0.4) is 0 Å². The second kappa shape index (κ2) is 8.85. The monoisotopic (exact) mass is 486 g/mol. The molecule has 0 bridgehead atoms. The fraction of sp³-hybridized carbons (Fsp3) is 0.0909. The molecule has 4 aromatic rings. The van der Waals surface area contributed by atoms with E-state index in [1.807, 2.05) is 0 Å². The average Bonchev–Trinajstić information content (AvgIpc) is 3.20. The van der Waals surface area contributed by atoms with Crippen LogP contribution in [0, 0.1) is 0 Å². The van der Waals surface area contributed by atoms with E-state index in [9.17, 15) is 27.9 Å². The fourth-order valence-corrected chi connectivity index (χ4v) is 3.46. The normalized spacial score (nSPS) is 11.3. The molecule has 0 unspecified atom stereocenters. The summed E-state index contributed by atoms with van der Waals surface area (Å²) in [5, 5.41) is 18.4. The summed E-state index contributed by atoms with van der Waals surface area (Å²) in [6.45, 7) is 0. The Bertz CT molecular complexity index is 1430. The van der Waals surface area contributed by atoms with E-state index in [0.29, 0.717) is 22.3 Å². The third-order valence-electron chi connectivity index (χ3n) is 4.99. The van der Waals surface area contributed by atoms with E-state index in [4.69, 9.17) is 10.5 Å². The fourth-order valence-electron chi connectivity index (χ4n) is 3.46. The summed E-state index contributed by atoms with van der Waals surface area (Å²) in [7, 11) is 1.21. The number of benzene rings is 2. The molecule has 13 heteroatoms. The first-order valence-electron chi connectivity index (χ1n) is 9.86. The molecule has 2 heterocycles. The van der Waals surface area contributed by atoms with Crippen molar-refractivity contribution >= 4 is 34.7 Å². The molecule has 10 nitrogen and oxygen atoms in total. The van der Waals surface area contributed by atoms with Gasteiger partial charge < -0.3 is 26.2 Å². The van der Waals surface area contributed by atoms with Crippen LogP contribution in [0.15, 0.2) is 55.0 Å². The van der Waals surface area contributed by atoms with Gasteiger partial charge in [0.2, 0.25) is 0 Å². The molecule has 35 heavy (non-hydrogen) atoms. The summed E-state index contributed by atoms with van der Waals surface area (Å²) < 4.78 is 45.4. The minimum atomic E-state index is -4.62. The highest BCUT2D eigenvalue weighted by atomic mass is 19.4. The van der Waals surface area contributed by atoms with Crippen molar-refractivity contribution in [3.63, 3.8) is 0 Å². The van der Waals surface area contributed by atoms with Gasteiger partial charge in [-0.1, -0.05) is 12.1 Å². The quantitative estimate of drug-likeness (QED) is 0.328. The Balaban J connectivity index is 1.57. The maximum Gasteiger partial charge on any atom is 0.416 e. The molecule has 0 aliphatic carbocycles. The van der Waals surface area contributed by atoms with E-state index in [2.05, 4.69) is 20.7 Å². The number of carbonyl (C=O) groups excluding carboxylic acids is 1. The number of nitrogens with one attached hydrogen (secondary N) is 2. The number of alkyl halides is 3. The third kappa shape index (κ3) is 4.78. The van der Waals surface area contributed by atoms with Gasteiger partial charge in [0.1, 0.15) is 17.6 Å². The molecule has 0 radical (unpaired) electrons. The number of halogens is 3. The molecule has 4 rings (SSSR count). The first-order valence-corrected chi connectivity index (χ1v) is 9.86. The Morgan fingerprint density at radius 2 is 1.77 bits per heavy atom. The summed E-state index contributed by atoms with van der Waals surface area (Å²) in [4.78, 5) is 28.0. The van der Waals surface area contributed by atoms with Gasteiger partial charge >= 0.3 is 18.2 Å². The number of fused-ring (bicyclic) bond motifs is 1. The number of nitrogen functional groups attached to an aromatic ring is 1. The molecule has 2 amide bonds. The second-order valence-electron chi connectivity index (χ2n) is 7.27. The van der Waals surface area contributed by atoms with E-state index in [1.165, 1.54) is 42.3 Å². The molecule has 0 saturated heterocycles. The number of anilines is 3. The maximum atomic E-state index is 13.1. The molecule has 2 aromatic heterocycles. The average molecular weight is 486 g/mol. The molecule has 0 aliphatic heterocycles. The van der Waals surface area contributed by atoms with Crippen LogP contribution < -0.4 is 21.1 Å². The standard InChI is InChI=1S/C22H17F3N6O4/c1-35-15-7-12(22(23,24)25)6-14(8-15)30-21(34)29-13-4-2-11(3-5-13)17-16(20(32)33)9-31-18(17)19(26)27-10-28-31/h2-10H,1H3,(H,32,33)(H2,26,27,28)(H2,29,30,34). The summed E-state index contributed by atoms with van der Waals surface area (Å²) in [5.41, 5.74) is 6.16. The largest absolute Gasteiger partial charge is 0.497 e. The summed E-state index contributed by atoms with van der Waals surface area (Å²) in [6.07, 6.45) is -2.11.